The van der Waals surface area contributed by atoms with Crippen LogP contribution in [0.1, 0.15) is 18.4 Å². The molecular formula is C27H27ClFN7O2. The molecule has 3 aromatic heterocycles. The molecule has 1 aliphatic heterocycles. The molecule has 1 fully saturated rings. The van der Waals surface area contributed by atoms with Crippen molar-refractivity contribution in [2.24, 2.45) is 7.05 Å². The number of nitrogens with one attached hydrogen (secondary N) is 2. The van der Waals surface area contributed by atoms with Crippen LogP contribution in [-0.4, -0.2) is 43.9 Å². The van der Waals surface area contributed by atoms with Crippen LogP contribution in [0.5, 0.6) is 17.4 Å². The Morgan fingerprint density at radius 2 is 1.89 bits per heavy atom. The molecule has 5 aromatic rings. The normalized spacial score (nSPS) is 13.9. The Labute approximate surface area is 224 Å². The minimum absolute atomic E-state index is 0. The Hall–Kier alpha value is -4.02. The molecule has 0 amide bonds. The van der Waals surface area contributed by atoms with E-state index in [2.05, 4.69) is 30.7 Å². The summed E-state index contributed by atoms with van der Waals surface area (Å²) in [6.45, 7) is 3.70. The van der Waals surface area contributed by atoms with E-state index in [0.717, 1.165) is 42.4 Å². The van der Waals surface area contributed by atoms with Crippen molar-refractivity contribution in [3.05, 3.63) is 66.4 Å². The number of pyridine rings is 1. The van der Waals surface area contributed by atoms with Gasteiger partial charge in [0.15, 0.2) is 5.82 Å². The second-order valence-electron chi connectivity index (χ2n) is 9.15. The highest BCUT2D eigenvalue weighted by Crippen LogP contribution is 2.33. The van der Waals surface area contributed by atoms with E-state index in [4.69, 9.17) is 9.47 Å². The molecular weight excluding hydrogens is 509 g/mol. The highest BCUT2D eigenvalue weighted by molar-refractivity contribution is 5.87. The van der Waals surface area contributed by atoms with E-state index < -0.39 is 5.82 Å². The van der Waals surface area contributed by atoms with Gasteiger partial charge in [0.05, 0.1) is 16.7 Å². The van der Waals surface area contributed by atoms with Gasteiger partial charge in [-0.3, -0.25) is 4.68 Å². The number of benzene rings is 2. The van der Waals surface area contributed by atoms with Gasteiger partial charge in [-0.25, -0.2) is 19.3 Å². The summed E-state index contributed by atoms with van der Waals surface area (Å²) in [4.78, 5) is 13.3. The van der Waals surface area contributed by atoms with Gasteiger partial charge in [-0.1, -0.05) is 0 Å². The second kappa shape index (κ2) is 10.8. The molecule has 1 aliphatic rings. The average molecular weight is 536 g/mol. The number of rotatable bonds is 6. The fourth-order valence-corrected chi connectivity index (χ4v) is 4.47. The van der Waals surface area contributed by atoms with Gasteiger partial charge in [0.2, 0.25) is 5.88 Å². The summed E-state index contributed by atoms with van der Waals surface area (Å²) in [5, 5.41) is 11.8. The minimum atomic E-state index is -0.478. The van der Waals surface area contributed by atoms with E-state index in [1.165, 1.54) is 12.4 Å². The molecule has 0 radical (unpaired) electrons. The van der Waals surface area contributed by atoms with Crippen molar-refractivity contribution in [3.63, 3.8) is 0 Å². The molecule has 0 spiro atoms. The molecule has 196 valence electrons. The Morgan fingerprint density at radius 1 is 1.05 bits per heavy atom. The van der Waals surface area contributed by atoms with Crippen molar-refractivity contribution in [2.45, 2.75) is 25.9 Å². The number of ether oxygens (including phenoxy) is 2. The SMILES string of the molecule is Cc1cc(Nc2ncnc3ccc(OC4CCNCC4)nc23)c(F)cc1Oc1ccc2cn(C)nc2c1.Cl. The van der Waals surface area contributed by atoms with Gasteiger partial charge in [-0.15, -0.1) is 12.4 Å². The first-order chi connectivity index (χ1) is 18.0. The van der Waals surface area contributed by atoms with Gasteiger partial charge in [-0.05, 0) is 62.7 Å². The molecule has 0 saturated carbocycles. The van der Waals surface area contributed by atoms with E-state index in [0.29, 0.717) is 34.2 Å². The minimum Gasteiger partial charge on any atom is -0.474 e. The fourth-order valence-electron chi connectivity index (χ4n) is 4.47. The molecule has 2 aromatic carbocycles. The number of fused-ring (bicyclic) bond motifs is 2. The zero-order valence-corrected chi connectivity index (χ0v) is 21.8. The maximum Gasteiger partial charge on any atom is 0.214 e. The number of piperidine rings is 1. The summed E-state index contributed by atoms with van der Waals surface area (Å²) in [5.74, 6) is 1.42. The van der Waals surface area contributed by atoms with Crippen LogP contribution in [0.15, 0.2) is 55.0 Å². The average Bonchev–Trinajstić information content (AvgIpc) is 3.27. The molecule has 2 N–H and O–H groups in total. The first kappa shape index (κ1) is 25.6. The number of hydrogen-bond donors (Lipinski definition) is 2. The lowest BCUT2D eigenvalue weighted by atomic mass is 10.1. The number of halogens is 2. The van der Waals surface area contributed by atoms with Gasteiger partial charge in [0.1, 0.15) is 35.3 Å². The largest absolute Gasteiger partial charge is 0.474 e. The van der Waals surface area contributed by atoms with Crippen molar-refractivity contribution < 1.29 is 13.9 Å². The molecule has 1 saturated heterocycles. The Morgan fingerprint density at radius 3 is 2.74 bits per heavy atom. The third-order valence-electron chi connectivity index (χ3n) is 6.37. The lowest BCUT2D eigenvalue weighted by Gasteiger charge is -2.23. The maximum absolute atomic E-state index is 15.2. The van der Waals surface area contributed by atoms with Gasteiger partial charge >= 0.3 is 0 Å². The highest BCUT2D eigenvalue weighted by Gasteiger charge is 2.17. The maximum atomic E-state index is 15.2. The van der Waals surface area contributed by atoms with Crippen LogP contribution in [0, 0.1) is 12.7 Å². The van der Waals surface area contributed by atoms with Crippen LogP contribution in [0.2, 0.25) is 0 Å². The van der Waals surface area contributed by atoms with E-state index in [-0.39, 0.29) is 24.2 Å². The van der Waals surface area contributed by atoms with E-state index in [1.807, 2.05) is 44.4 Å². The summed E-state index contributed by atoms with van der Waals surface area (Å²) in [5.41, 5.74) is 2.97. The van der Waals surface area contributed by atoms with Crippen molar-refractivity contribution >= 4 is 45.8 Å². The molecule has 6 rings (SSSR count). The van der Waals surface area contributed by atoms with E-state index >= 15 is 4.39 Å². The fraction of sp³-hybridized carbons (Fsp3) is 0.259. The van der Waals surface area contributed by atoms with Gasteiger partial charge in [-0.2, -0.15) is 5.10 Å². The van der Waals surface area contributed by atoms with Crippen molar-refractivity contribution in [3.8, 4) is 17.4 Å². The smallest absolute Gasteiger partial charge is 0.214 e. The topological polar surface area (TPSA) is 99.0 Å². The number of anilines is 2. The quantitative estimate of drug-likeness (QED) is 0.296. The first-order valence-electron chi connectivity index (χ1n) is 12.2. The third-order valence-corrected chi connectivity index (χ3v) is 6.37. The highest BCUT2D eigenvalue weighted by atomic mass is 35.5. The van der Waals surface area contributed by atoms with Crippen LogP contribution < -0.4 is 20.1 Å². The van der Waals surface area contributed by atoms with Gasteiger partial charge in [0, 0.05) is 36.8 Å². The predicted molar refractivity (Wildman–Crippen MR) is 146 cm³/mol. The van der Waals surface area contributed by atoms with E-state index in [1.54, 1.807) is 16.8 Å². The Balaban J connectivity index is 0.00000294. The molecule has 0 bridgehead atoms. The first-order valence-corrected chi connectivity index (χ1v) is 12.2. The predicted octanol–water partition coefficient (Wildman–Crippen LogP) is 5.45. The lowest BCUT2D eigenvalue weighted by Crippen LogP contribution is -2.34. The van der Waals surface area contributed by atoms with Crippen LogP contribution in [0.25, 0.3) is 21.9 Å². The number of hydrogen-bond acceptors (Lipinski definition) is 8. The molecule has 0 unspecified atom stereocenters. The number of aryl methyl sites for hydroxylation is 2. The summed E-state index contributed by atoms with van der Waals surface area (Å²) < 4.78 is 29.0. The number of aromatic nitrogens is 5. The second-order valence-corrected chi connectivity index (χ2v) is 9.15. The Bertz CT molecular complexity index is 1600. The van der Waals surface area contributed by atoms with Crippen LogP contribution >= 0.6 is 12.4 Å². The lowest BCUT2D eigenvalue weighted by molar-refractivity contribution is 0.156. The van der Waals surface area contributed by atoms with Crippen LogP contribution in [0.4, 0.5) is 15.9 Å². The van der Waals surface area contributed by atoms with Crippen LogP contribution in [0.3, 0.4) is 0 Å². The summed E-state index contributed by atoms with van der Waals surface area (Å²) in [6.07, 6.45) is 5.31. The standard InChI is InChI=1S/C27H26FN7O2.ClH/c1-16-11-23(20(28)13-24(16)36-19-4-3-17-14-35(2)34-22(17)12-19)32-27-26-21(30-15-31-27)5-6-25(33-26)37-18-7-9-29-10-8-18;/h3-6,11-15,18,29H,7-10H2,1-2H3,(H,30,31,32);1H. The van der Waals surface area contributed by atoms with Crippen molar-refractivity contribution in [1.29, 1.82) is 0 Å². The monoisotopic (exact) mass is 535 g/mol. The number of nitrogens with zero attached hydrogens (tertiary/aromatic N) is 5. The molecule has 0 atom stereocenters. The molecule has 4 heterocycles. The zero-order valence-electron chi connectivity index (χ0n) is 20.9. The van der Waals surface area contributed by atoms with Crippen LogP contribution in [-0.2, 0) is 7.05 Å². The molecule has 38 heavy (non-hydrogen) atoms. The summed E-state index contributed by atoms with van der Waals surface area (Å²) in [6, 6.07) is 12.3. The zero-order chi connectivity index (χ0) is 25.4. The van der Waals surface area contributed by atoms with Crippen molar-refractivity contribution in [1.82, 2.24) is 30.0 Å². The summed E-state index contributed by atoms with van der Waals surface area (Å²) >= 11 is 0. The molecule has 11 heteroatoms. The van der Waals surface area contributed by atoms with Crippen molar-refractivity contribution in [2.75, 3.05) is 18.4 Å². The third kappa shape index (κ3) is 5.32. The summed E-state index contributed by atoms with van der Waals surface area (Å²) in [7, 11) is 1.87. The molecule has 0 aliphatic carbocycles. The van der Waals surface area contributed by atoms with Gasteiger partial charge < -0.3 is 20.1 Å². The van der Waals surface area contributed by atoms with E-state index in [9.17, 15) is 0 Å². The Kier molecular flexibility index (Phi) is 7.26. The van der Waals surface area contributed by atoms with Gasteiger partial charge in [0.25, 0.3) is 0 Å². The molecule has 9 nitrogen and oxygen atoms in total.